The topological polar surface area (TPSA) is 83.8 Å². The molecule has 0 saturated carbocycles. The summed E-state index contributed by atoms with van der Waals surface area (Å²) in [5.41, 5.74) is 6.10. The summed E-state index contributed by atoms with van der Waals surface area (Å²) in [6, 6.07) is 14.1. The molecule has 1 aliphatic heterocycles. The summed E-state index contributed by atoms with van der Waals surface area (Å²) in [6.45, 7) is 13.0. The lowest BCUT2D eigenvalue weighted by atomic mass is 10.0. The van der Waals surface area contributed by atoms with Crippen molar-refractivity contribution in [2.24, 2.45) is 0 Å². The fourth-order valence-electron chi connectivity index (χ4n) is 4.81. The lowest BCUT2D eigenvalue weighted by Crippen LogP contribution is -2.53. The summed E-state index contributed by atoms with van der Waals surface area (Å²) in [4.78, 5) is 24.6. The van der Waals surface area contributed by atoms with E-state index in [1.807, 2.05) is 41.9 Å². The minimum absolute atomic E-state index is 0.0708. The van der Waals surface area contributed by atoms with Crippen LogP contribution in [-0.2, 0) is 4.74 Å². The van der Waals surface area contributed by atoms with Crippen LogP contribution in [0.4, 0.5) is 20.3 Å². The molecular formula is C31H38F2N6O2. The van der Waals surface area contributed by atoms with Gasteiger partial charge in [-0.25, -0.2) is 18.7 Å². The van der Waals surface area contributed by atoms with Crippen molar-refractivity contribution in [3.05, 3.63) is 77.7 Å². The number of carbonyl (C=O) groups excluding carboxylic acids is 1. The van der Waals surface area contributed by atoms with Gasteiger partial charge in [-0.05, 0) is 58.4 Å². The molecule has 1 amide bonds. The van der Waals surface area contributed by atoms with Gasteiger partial charge in [-0.1, -0.05) is 29.8 Å². The number of anilines is 2. The molecule has 2 aromatic carbocycles. The largest absolute Gasteiger partial charge is 0.379 e. The number of amides is 1. The summed E-state index contributed by atoms with van der Waals surface area (Å²) >= 11 is 0. The molecule has 1 aliphatic rings. The maximum absolute atomic E-state index is 13.1. The molecule has 0 aliphatic carbocycles. The van der Waals surface area contributed by atoms with Gasteiger partial charge in [0.1, 0.15) is 0 Å². The molecular weight excluding hydrogens is 526 g/mol. The van der Waals surface area contributed by atoms with Crippen LogP contribution in [0.3, 0.4) is 0 Å². The molecule has 41 heavy (non-hydrogen) atoms. The number of halogens is 2. The number of ether oxygens (including phenoxy) is 1. The minimum atomic E-state index is -2.17. The van der Waals surface area contributed by atoms with Crippen LogP contribution in [0.5, 0.6) is 0 Å². The number of aromatic nitrogens is 3. The number of alkyl halides is 2. The zero-order chi connectivity index (χ0) is 29.6. The number of fused-ring (bicyclic) bond motifs is 1. The van der Waals surface area contributed by atoms with Gasteiger partial charge in [0.05, 0.1) is 25.1 Å². The molecule has 10 heteroatoms. The third kappa shape index (κ3) is 8.08. The molecule has 3 heterocycles. The second-order valence-electron chi connectivity index (χ2n) is 10.9. The number of imidazole rings is 1. The molecule has 8 nitrogen and oxygen atoms in total. The maximum Gasteiger partial charge on any atom is 0.252 e. The first-order valence-corrected chi connectivity index (χ1v) is 13.7. The van der Waals surface area contributed by atoms with Crippen LogP contribution in [0.25, 0.3) is 16.9 Å². The van der Waals surface area contributed by atoms with Crippen molar-refractivity contribution in [1.29, 1.82) is 0 Å². The third-order valence-electron chi connectivity index (χ3n) is 6.68. The second kappa shape index (κ2) is 13.2. The molecule has 0 spiro atoms. The Labute approximate surface area is 239 Å². The van der Waals surface area contributed by atoms with E-state index in [2.05, 4.69) is 70.5 Å². The van der Waals surface area contributed by atoms with Crippen molar-refractivity contribution in [1.82, 2.24) is 24.6 Å². The van der Waals surface area contributed by atoms with Crippen molar-refractivity contribution in [3.8, 4) is 11.3 Å². The van der Waals surface area contributed by atoms with Gasteiger partial charge >= 0.3 is 0 Å². The predicted molar refractivity (Wildman–Crippen MR) is 158 cm³/mol. The van der Waals surface area contributed by atoms with Crippen molar-refractivity contribution in [3.63, 3.8) is 0 Å². The highest BCUT2D eigenvalue weighted by Crippen LogP contribution is 2.26. The van der Waals surface area contributed by atoms with Crippen molar-refractivity contribution < 1.29 is 18.3 Å². The highest BCUT2D eigenvalue weighted by atomic mass is 19.3. The van der Waals surface area contributed by atoms with E-state index in [4.69, 9.17) is 4.74 Å². The van der Waals surface area contributed by atoms with Gasteiger partial charge in [0.2, 0.25) is 6.43 Å². The Balaban J connectivity index is 0.000000909. The van der Waals surface area contributed by atoms with Crippen LogP contribution in [-0.4, -0.2) is 70.0 Å². The fourth-order valence-corrected chi connectivity index (χ4v) is 4.81. The third-order valence-corrected chi connectivity index (χ3v) is 6.68. The number of carbonyl (C=O) groups is 1. The number of rotatable bonds is 7. The Hall–Kier alpha value is -3.89. The van der Waals surface area contributed by atoms with Crippen LogP contribution in [0, 0.1) is 13.8 Å². The number of nitrogens with one attached hydrogen (secondary N) is 2. The van der Waals surface area contributed by atoms with Gasteiger partial charge in [-0.15, -0.1) is 0 Å². The van der Waals surface area contributed by atoms with Crippen molar-refractivity contribution in [2.75, 3.05) is 38.2 Å². The van der Waals surface area contributed by atoms with Crippen LogP contribution in [0.15, 0.2) is 61.1 Å². The lowest BCUT2D eigenvalue weighted by molar-refractivity contribution is 0.0269. The molecule has 218 valence electrons. The van der Waals surface area contributed by atoms with Crippen LogP contribution in [0.1, 0.15) is 42.3 Å². The molecule has 4 aromatic rings. The molecule has 0 unspecified atom stereocenters. The van der Waals surface area contributed by atoms with Gasteiger partial charge in [0, 0.05) is 54.4 Å². The molecule has 1 saturated heterocycles. The van der Waals surface area contributed by atoms with E-state index in [0.717, 1.165) is 67.9 Å². The van der Waals surface area contributed by atoms with Gasteiger partial charge in [0.25, 0.3) is 5.91 Å². The summed E-state index contributed by atoms with van der Waals surface area (Å²) in [7, 11) is 0. The maximum atomic E-state index is 13.1. The minimum Gasteiger partial charge on any atom is -0.379 e. The number of hydrogen-bond donors (Lipinski definition) is 2. The van der Waals surface area contributed by atoms with E-state index in [9.17, 15) is 13.6 Å². The van der Waals surface area contributed by atoms with Crippen LogP contribution >= 0.6 is 0 Å². The van der Waals surface area contributed by atoms with Crippen molar-refractivity contribution in [2.45, 2.75) is 46.6 Å². The Morgan fingerprint density at radius 1 is 1.07 bits per heavy atom. The van der Waals surface area contributed by atoms with Gasteiger partial charge in [0.15, 0.2) is 11.5 Å². The average molecular weight is 565 g/mol. The van der Waals surface area contributed by atoms with E-state index in [1.165, 1.54) is 5.56 Å². The molecule has 1 fully saturated rings. The standard InChI is InChI=1S/C29H34N6O2.C2H4F2/c1-20-5-7-22(8-6-20)25-18-31-27-26(30-11-12-35(25)27)32-23-9-10-24(21(2)17-23)28(36)33-29(3,4)19-34-13-15-37-16-14-34;1-2(3)4/h5-12,17-18H,13-16,19H2,1-4H3,(H,30,32)(H,33,36);2H,1H3. The van der Waals surface area contributed by atoms with E-state index in [1.54, 1.807) is 6.20 Å². The van der Waals surface area contributed by atoms with Crippen molar-refractivity contribution >= 4 is 23.1 Å². The van der Waals surface area contributed by atoms with E-state index < -0.39 is 6.43 Å². The van der Waals surface area contributed by atoms with E-state index >= 15 is 0 Å². The van der Waals surface area contributed by atoms with Crippen LogP contribution < -0.4 is 10.6 Å². The van der Waals surface area contributed by atoms with Gasteiger partial charge in [-0.3, -0.25) is 14.1 Å². The Bertz CT molecular complexity index is 1460. The van der Waals surface area contributed by atoms with E-state index in [0.29, 0.717) is 11.4 Å². The number of benzene rings is 2. The quantitative estimate of drug-likeness (QED) is 0.292. The molecule has 2 N–H and O–H groups in total. The molecule has 0 atom stereocenters. The summed E-state index contributed by atoms with van der Waals surface area (Å²) in [5.74, 6) is 0.586. The molecule has 0 radical (unpaired) electrons. The Morgan fingerprint density at radius 3 is 2.41 bits per heavy atom. The van der Waals surface area contributed by atoms with E-state index in [-0.39, 0.29) is 11.4 Å². The summed E-state index contributed by atoms with van der Waals surface area (Å²) in [6.07, 6.45) is 3.38. The molecule has 2 aromatic heterocycles. The lowest BCUT2D eigenvalue weighted by Gasteiger charge is -2.35. The monoisotopic (exact) mass is 564 g/mol. The summed E-state index contributed by atoms with van der Waals surface area (Å²) in [5, 5.41) is 6.59. The first-order chi connectivity index (χ1) is 19.5. The zero-order valence-corrected chi connectivity index (χ0v) is 24.2. The number of morpholine rings is 1. The first kappa shape index (κ1) is 30.1. The highest BCUT2D eigenvalue weighted by molar-refractivity contribution is 5.96. The molecule has 0 bridgehead atoms. The number of nitrogens with zero attached hydrogens (tertiary/aromatic N) is 4. The van der Waals surface area contributed by atoms with Gasteiger partial charge < -0.3 is 15.4 Å². The molecule has 5 rings (SSSR count). The Morgan fingerprint density at radius 2 is 1.76 bits per heavy atom. The predicted octanol–water partition coefficient (Wildman–Crippen LogP) is 5.87. The second-order valence-corrected chi connectivity index (χ2v) is 10.9. The first-order valence-electron chi connectivity index (χ1n) is 13.7. The number of aryl methyl sites for hydroxylation is 2. The average Bonchev–Trinajstić information content (AvgIpc) is 3.34. The fraction of sp³-hybridized carbons (Fsp3) is 0.387. The zero-order valence-electron chi connectivity index (χ0n) is 24.2. The summed E-state index contributed by atoms with van der Waals surface area (Å²) < 4.78 is 28.1. The highest BCUT2D eigenvalue weighted by Gasteiger charge is 2.26. The van der Waals surface area contributed by atoms with Crippen LogP contribution in [0.2, 0.25) is 0 Å². The number of hydrogen-bond acceptors (Lipinski definition) is 6. The smallest absolute Gasteiger partial charge is 0.252 e. The van der Waals surface area contributed by atoms with Gasteiger partial charge in [-0.2, -0.15) is 0 Å². The normalized spacial score (nSPS) is 14.0. The SMILES string of the molecule is CC(F)F.Cc1ccc(-c2cnc3c(Nc4ccc(C(=O)NC(C)(C)CN5CCOCC5)c(C)c4)nccn23)cc1. The Kier molecular flexibility index (Phi) is 9.67.